The molecule has 0 radical (unpaired) electrons. The van der Waals surface area contributed by atoms with Crippen molar-refractivity contribution in [3.63, 3.8) is 0 Å². The van der Waals surface area contributed by atoms with Gasteiger partial charge in [0.1, 0.15) is 0 Å². The molecule has 0 aliphatic carbocycles. The lowest BCUT2D eigenvalue weighted by atomic mass is 10.1. The summed E-state index contributed by atoms with van der Waals surface area (Å²) in [5, 5.41) is 7.67. The molecule has 1 unspecified atom stereocenters. The Hall–Kier alpha value is -1.68. The van der Waals surface area contributed by atoms with Crippen molar-refractivity contribution in [2.24, 2.45) is 7.05 Å². The van der Waals surface area contributed by atoms with Crippen LogP contribution in [0.4, 0.5) is 0 Å². The number of rotatable bonds is 4. The number of nitrogens with one attached hydrogen (secondary N) is 1. The zero-order valence-corrected chi connectivity index (χ0v) is 10.5. The Balaban J connectivity index is 2.00. The lowest BCUT2D eigenvalue weighted by Crippen LogP contribution is -2.21. The van der Waals surface area contributed by atoms with Gasteiger partial charge in [0, 0.05) is 38.2 Å². The minimum atomic E-state index is 0.287. The molecule has 2 aromatic rings. The van der Waals surface area contributed by atoms with Crippen LogP contribution >= 0.6 is 0 Å². The van der Waals surface area contributed by atoms with E-state index in [1.54, 1.807) is 0 Å². The molecule has 2 heterocycles. The summed E-state index contributed by atoms with van der Waals surface area (Å²) in [7, 11) is 1.96. The van der Waals surface area contributed by atoms with Gasteiger partial charge in [-0.15, -0.1) is 0 Å². The molecule has 2 rings (SSSR count). The molecule has 17 heavy (non-hydrogen) atoms. The van der Waals surface area contributed by atoms with E-state index in [1.165, 1.54) is 16.8 Å². The molecule has 1 atom stereocenters. The summed E-state index contributed by atoms with van der Waals surface area (Å²) in [5.74, 6) is 0. The van der Waals surface area contributed by atoms with Gasteiger partial charge in [0.2, 0.25) is 0 Å². The molecule has 0 saturated carbocycles. The Morgan fingerprint density at radius 1 is 1.35 bits per heavy atom. The van der Waals surface area contributed by atoms with Crippen LogP contribution in [0.5, 0.6) is 0 Å². The van der Waals surface area contributed by atoms with Crippen LogP contribution in [0.25, 0.3) is 0 Å². The second-order valence-corrected chi connectivity index (χ2v) is 4.28. The number of hydrogen-bond donors (Lipinski definition) is 1. The van der Waals surface area contributed by atoms with Crippen LogP contribution in [-0.4, -0.2) is 14.8 Å². The molecule has 0 fully saturated rings. The molecule has 2 aromatic heterocycles. The standard InChI is InChI=1S/C13H18N4/c1-10-8-14-6-4-12(10)9-15-11(2)13-5-7-16-17(13)3/h4-8,11,15H,9H2,1-3H3. The number of aromatic nitrogens is 3. The van der Waals surface area contributed by atoms with E-state index in [-0.39, 0.29) is 6.04 Å². The average Bonchev–Trinajstić information content (AvgIpc) is 2.74. The van der Waals surface area contributed by atoms with E-state index in [0.29, 0.717) is 0 Å². The minimum Gasteiger partial charge on any atom is -0.305 e. The van der Waals surface area contributed by atoms with E-state index in [1.807, 2.05) is 36.4 Å². The quantitative estimate of drug-likeness (QED) is 0.873. The van der Waals surface area contributed by atoms with E-state index in [4.69, 9.17) is 0 Å². The van der Waals surface area contributed by atoms with Gasteiger partial charge in [-0.3, -0.25) is 9.67 Å². The Morgan fingerprint density at radius 3 is 2.82 bits per heavy atom. The van der Waals surface area contributed by atoms with Crippen molar-refractivity contribution >= 4 is 0 Å². The summed E-state index contributed by atoms with van der Waals surface area (Å²) in [6.45, 7) is 5.08. The number of aryl methyl sites for hydroxylation is 2. The van der Waals surface area contributed by atoms with Crippen molar-refractivity contribution in [1.29, 1.82) is 0 Å². The van der Waals surface area contributed by atoms with Crippen LogP contribution in [-0.2, 0) is 13.6 Å². The third kappa shape index (κ3) is 2.71. The summed E-state index contributed by atoms with van der Waals surface area (Å²) in [6, 6.07) is 4.38. The Labute approximate surface area is 102 Å². The molecule has 0 aliphatic rings. The predicted octanol–water partition coefficient (Wildman–Crippen LogP) is 1.97. The summed E-state index contributed by atoms with van der Waals surface area (Å²) in [4.78, 5) is 4.09. The van der Waals surface area contributed by atoms with Crippen LogP contribution in [0.3, 0.4) is 0 Å². The molecule has 4 nitrogen and oxygen atoms in total. The van der Waals surface area contributed by atoms with Crippen molar-refractivity contribution in [3.8, 4) is 0 Å². The summed E-state index contributed by atoms with van der Waals surface area (Å²) >= 11 is 0. The number of pyridine rings is 1. The van der Waals surface area contributed by atoms with Gasteiger partial charge in [-0.05, 0) is 37.1 Å². The van der Waals surface area contributed by atoms with Crippen LogP contribution in [0.2, 0.25) is 0 Å². The third-order valence-corrected chi connectivity index (χ3v) is 3.04. The lowest BCUT2D eigenvalue weighted by Gasteiger charge is -2.15. The fraction of sp³-hybridized carbons (Fsp3) is 0.385. The maximum atomic E-state index is 4.18. The molecule has 0 aromatic carbocycles. The normalized spacial score (nSPS) is 12.6. The SMILES string of the molecule is Cc1cnccc1CNC(C)c1ccnn1C. The molecule has 0 spiro atoms. The lowest BCUT2D eigenvalue weighted by molar-refractivity contribution is 0.529. The highest BCUT2D eigenvalue weighted by atomic mass is 15.3. The molecule has 90 valence electrons. The monoisotopic (exact) mass is 230 g/mol. The largest absolute Gasteiger partial charge is 0.305 e. The first-order valence-electron chi connectivity index (χ1n) is 5.79. The molecular formula is C13H18N4. The number of nitrogens with zero attached hydrogens (tertiary/aromatic N) is 3. The van der Waals surface area contributed by atoms with Crippen LogP contribution in [0.1, 0.15) is 29.8 Å². The maximum Gasteiger partial charge on any atom is 0.0547 e. The second-order valence-electron chi connectivity index (χ2n) is 4.28. The highest BCUT2D eigenvalue weighted by molar-refractivity contribution is 5.21. The van der Waals surface area contributed by atoms with Crippen molar-refractivity contribution in [1.82, 2.24) is 20.1 Å². The van der Waals surface area contributed by atoms with Crippen molar-refractivity contribution in [3.05, 3.63) is 47.5 Å². The van der Waals surface area contributed by atoms with E-state index in [2.05, 4.69) is 35.3 Å². The van der Waals surface area contributed by atoms with E-state index < -0.39 is 0 Å². The summed E-state index contributed by atoms with van der Waals surface area (Å²) < 4.78 is 1.90. The molecule has 0 bridgehead atoms. The maximum absolute atomic E-state index is 4.18. The third-order valence-electron chi connectivity index (χ3n) is 3.04. The first kappa shape index (κ1) is 11.8. The van der Waals surface area contributed by atoms with Crippen LogP contribution < -0.4 is 5.32 Å². The molecule has 4 heteroatoms. The molecule has 0 saturated heterocycles. The van der Waals surface area contributed by atoms with Gasteiger partial charge in [0.05, 0.1) is 5.69 Å². The Bertz CT molecular complexity index is 490. The minimum absolute atomic E-state index is 0.287. The Morgan fingerprint density at radius 2 is 2.18 bits per heavy atom. The summed E-state index contributed by atoms with van der Waals surface area (Å²) in [5.41, 5.74) is 3.70. The number of hydrogen-bond acceptors (Lipinski definition) is 3. The molecule has 0 amide bonds. The topological polar surface area (TPSA) is 42.7 Å². The van der Waals surface area contributed by atoms with Crippen LogP contribution in [0, 0.1) is 6.92 Å². The van der Waals surface area contributed by atoms with Crippen molar-refractivity contribution in [2.45, 2.75) is 26.4 Å². The smallest absolute Gasteiger partial charge is 0.0547 e. The van der Waals surface area contributed by atoms with E-state index in [0.717, 1.165) is 6.54 Å². The predicted molar refractivity (Wildman–Crippen MR) is 67.4 cm³/mol. The fourth-order valence-corrected chi connectivity index (χ4v) is 1.88. The van der Waals surface area contributed by atoms with Crippen molar-refractivity contribution < 1.29 is 0 Å². The molecular weight excluding hydrogens is 212 g/mol. The second kappa shape index (κ2) is 5.10. The zero-order chi connectivity index (χ0) is 12.3. The van der Waals surface area contributed by atoms with Crippen molar-refractivity contribution in [2.75, 3.05) is 0 Å². The van der Waals surface area contributed by atoms with E-state index >= 15 is 0 Å². The highest BCUT2D eigenvalue weighted by Crippen LogP contribution is 2.12. The first-order valence-corrected chi connectivity index (χ1v) is 5.79. The molecule has 0 aliphatic heterocycles. The zero-order valence-electron chi connectivity index (χ0n) is 10.5. The van der Waals surface area contributed by atoms with Gasteiger partial charge in [0.15, 0.2) is 0 Å². The molecule has 1 N–H and O–H groups in total. The fourth-order valence-electron chi connectivity index (χ4n) is 1.88. The van der Waals surface area contributed by atoms with Crippen LogP contribution in [0.15, 0.2) is 30.7 Å². The Kier molecular flexibility index (Phi) is 3.54. The highest BCUT2D eigenvalue weighted by Gasteiger charge is 2.08. The first-order chi connectivity index (χ1) is 8.18. The average molecular weight is 230 g/mol. The summed E-state index contributed by atoms with van der Waals surface area (Å²) in [6.07, 6.45) is 5.55. The van der Waals surface area contributed by atoms with Gasteiger partial charge in [0.25, 0.3) is 0 Å². The van der Waals surface area contributed by atoms with Gasteiger partial charge in [-0.25, -0.2) is 0 Å². The van der Waals surface area contributed by atoms with Gasteiger partial charge < -0.3 is 5.32 Å². The van der Waals surface area contributed by atoms with Gasteiger partial charge in [-0.1, -0.05) is 0 Å². The van der Waals surface area contributed by atoms with Gasteiger partial charge in [-0.2, -0.15) is 5.10 Å². The van der Waals surface area contributed by atoms with Gasteiger partial charge >= 0.3 is 0 Å². The van der Waals surface area contributed by atoms with E-state index in [9.17, 15) is 0 Å².